The summed E-state index contributed by atoms with van der Waals surface area (Å²) in [6.45, 7) is 10.9. The van der Waals surface area contributed by atoms with E-state index in [1.165, 1.54) is 16.7 Å². The van der Waals surface area contributed by atoms with Crippen molar-refractivity contribution >= 4 is 17.3 Å². The van der Waals surface area contributed by atoms with Gasteiger partial charge in [-0.25, -0.2) is 0 Å². The summed E-state index contributed by atoms with van der Waals surface area (Å²) >= 11 is 5.49. The maximum Gasteiger partial charge on any atom is 0.184 e. The van der Waals surface area contributed by atoms with Crippen molar-refractivity contribution < 1.29 is 4.74 Å². The molecule has 1 aromatic rings. The van der Waals surface area contributed by atoms with E-state index in [0.717, 1.165) is 17.3 Å². The van der Waals surface area contributed by atoms with Crippen molar-refractivity contribution in [3.63, 3.8) is 0 Å². The molecule has 0 amide bonds. The number of hydrogen-bond acceptors (Lipinski definition) is 2. The Morgan fingerprint density at radius 2 is 2.20 bits per heavy atom. The molecule has 4 heteroatoms. The number of nitrogens with zero attached hydrogens (tertiary/aromatic N) is 1. The third-order valence-corrected chi connectivity index (χ3v) is 4.68. The summed E-state index contributed by atoms with van der Waals surface area (Å²) in [5.74, 6) is 0.968. The van der Waals surface area contributed by atoms with E-state index in [9.17, 15) is 0 Å². The molecule has 0 aliphatic carbocycles. The minimum atomic E-state index is -0.393. The first-order valence-corrected chi connectivity index (χ1v) is 7.34. The van der Waals surface area contributed by atoms with Gasteiger partial charge in [0.2, 0.25) is 0 Å². The van der Waals surface area contributed by atoms with Gasteiger partial charge in [-0.15, -0.1) is 6.58 Å². The van der Waals surface area contributed by atoms with Gasteiger partial charge in [0, 0.05) is 18.5 Å². The molecule has 3 rings (SSSR count). The number of fused-ring (bicyclic) bond motifs is 4. The second-order valence-electron chi connectivity index (χ2n) is 5.86. The number of nitrogens with one attached hydrogen (secondary N) is 1. The summed E-state index contributed by atoms with van der Waals surface area (Å²) in [6, 6.07) is 4.59. The lowest BCUT2D eigenvalue weighted by molar-refractivity contribution is -0.0631. The van der Waals surface area contributed by atoms with Crippen LogP contribution in [0.2, 0.25) is 0 Å². The first-order valence-electron chi connectivity index (χ1n) is 6.94. The van der Waals surface area contributed by atoms with Gasteiger partial charge in [0.1, 0.15) is 5.75 Å². The fourth-order valence-electron chi connectivity index (χ4n) is 3.08. The van der Waals surface area contributed by atoms with E-state index in [2.05, 4.69) is 49.7 Å². The average Bonchev–Trinajstić information content (AvgIpc) is 2.37. The van der Waals surface area contributed by atoms with Crippen molar-refractivity contribution in [2.75, 3.05) is 6.54 Å². The third-order valence-electron chi connectivity index (χ3n) is 4.34. The van der Waals surface area contributed by atoms with E-state index in [4.69, 9.17) is 17.0 Å². The van der Waals surface area contributed by atoms with Gasteiger partial charge in [-0.2, -0.15) is 0 Å². The van der Waals surface area contributed by atoms with Crippen LogP contribution in [-0.4, -0.2) is 22.3 Å². The van der Waals surface area contributed by atoms with Crippen LogP contribution in [0.1, 0.15) is 36.1 Å². The zero-order valence-electron chi connectivity index (χ0n) is 12.2. The van der Waals surface area contributed by atoms with Crippen LogP contribution < -0.4 is 10.1 Å². The van der Waals surface area contributed by atoms with Gasteiger partial charge in [0.15, 0.2) is 10.8 Å². The standard InChI is InChI=1S/C16H20N2OS/c1-5-6-18-15(20)17-13-9-16(18,4)19-14-8-11(3)10(2)7-12(13)14/h5,7-8,13H,1,6,9H2,2-4H3,(H,17,20). The Balaban J connectivity index is 2.07. The summed E-state index contributed by atoms with van der Waals surface area (Å²) < 4.78 is 6.31. The van der Waals surface area contributed by atoms with E-state index in [0.29, 0.717) is 6.54 Å². The Labute approximate surface area is 125 Å². The number of thiocarbonyl (C=S) groups is 1. The summed E-state index contributed by atoms with van der Waals surface area (Å²) in [7, 11) is 0. The van der Waals surface area contributed by atoms with Crippen LogP contribution in [0.4, 0.5) is 0 Å². The Hall–Kier alpha value is -1.55. The second kappa shape index (κ2) is 4.48. The van der Waals surface area contributed by atoms with E-state index >= 15 is 0 Å². The molecule has 2 unspecified atom stereocenters. The molecule has 1 saturated heterocycles. The van der Waals surface area contributed by atoms with Crippen molar-refractivity contribution in [2.24, 2.45) is 0 Å². The van der Waals surface area contributed by atoms with Gasteiger partial charge in [0.05, 0.1) is 6.04 Å². The van der Waals surface area contributed by atoms with Crippen LogP contribution in [0.5, 0.6) is 5.75 Å². The van der Waals surface area contributed by atoms with Crippen LogP contribution in [0, 0.1) is 13.8 Å². The van der Waals surface area contributed by atoms with Gasteiger partial charge >= 0.3 is 0 Å². The van der Waals surface area contributed by atoms with E-state index < -0.39 is 5.72 Å². The first-order chi connectivity index (χ1) is 9.44. The van der Waals surface area contributed by atoms with Crippen LogP contribution in [0.3, 0.4) is 0 Å². The van der Waals surface area contributed by atoms with Crippen molar-refractivity contribution in [1.29, 1.82) is 0 Å². The summed E-state index contributed by atoms with van der Waals surface area (Å²) in [6.07, 6.45) is 2.75. The molecular weight excluding hydrogens is 268 g/mol. The highest BCUT2D eigenvalue weighted by Crippen LogP contribution is 2.44. The van der Waals surface area contributed by atoms with Crippen LogP contribution in [0.25, 0.3) is 0 Å². The minimum Gasteiger partial charge on any atom is -0.468 e. The lowest BCUT2D eigenvalue weighted by Crippen LogP contribution is -2.64. The quantitative estimate of drug-likeness (QED) is 0.667. The largest absolute Gasteiger partial charge is 0.468 e. The number of rotatable bonds is 2. The highest BCUT2D eigenvalue weighted by Gasteiger charge is 2.47. The molecule has 2 atom stereocenters. The molecule has 3 nitrogen and oxygen atoms in total. The predicted octanol–water partition coefficient (Wildman–Crippen LogP) is 3.22. The van der Waals surface area contributed by atoms with Crippen molar-refractivity contribution in [1.82, 2.24) is 10.2 Å². The predicted molar refractivity (Wildman–Crippen MR) is 84.9 cm³/mol. The van der Waals surface area contributed by atoms with Crippen molar-refractivity contribution in [3.8, 4) is 5.75 Å². The summed E-state index contributed by atoms with van der Waals surface area (Å²) in [5.41, 5.74) is 3.36. The molecule has 0 spiro atoms. The fraction of sp³-hybridized carbons (Fsp3) is 0.438. The molecule has 2 aliphatic rings. The summed E-state index contributed by atoms with van der Waals surface area (Å²) in [4.78, 5) is 2.07. The van der Waals surface area contributed by atoms with Gasteiger partial charge in [-0.1, -0.05) is 12.1 Å². The SMILES string of the molecule is C=CCN1C(=S)NC2CC1(C)Oc1cc(C)c(C)cc12. The van der Waals surface area contributed by atoms with E-state index in [1.807, 2.05) is 6.08 Å². The number of hydrogen-bond donors (Lipinski definition) is 1. The number of aryl methyl sites for hydroxylation is 2. The van der Waals surface area contributed by atoms with Crippen molar-refractivity contribution in [2.45, 2.75) is 39.0 Å². The van der Waals surface area contributed by atoms with Gasteiger partial charge in [0.25, 0.3) is 0 Å². The zero-order valence-corrected chi connectivity index (χ0v) is 13.0. The molecule has 2 aliphatic heterocycles. The molecule has 0 radical (unpaired) electrons. The third kappa shape index (κ3) is 1.90. The van der Waals surface area contributed by atoms with E-state index in [-0.39, 0.29) is 6.04 Å². The monoisotopic (exact) mass is 288 g/mol. The Bertz CT molecular complexity index is 598. The number of ether oxygens (including phenoxy) is 1. The lowest BCUT2D eigenvalue weighted by Gasteiger charge is -2.52. The maximum absolute atomic E-state index is 6.31. The Morgan fingerprint density at radius 3 is 2.90 bits per heavy atom. The molecule has 2 bridgehead atoms. The molecule has 0 saturated carbocycles. The summed E-state index contributed by atoms with van der Waals surface area (Å²) in [5, 5.41) is 4.18. The smallest absolute Gasteiger partial charge is 0.184 e. The second-order valence-corrected chi connectivity index (χ2v) is 6.24. The molecule has 1 fully saturated rings. The topological polar surface area (TPSA) is 24.5 Å². The lowest BCUT2D eigenvalue weighted by atomic mass is 9.89. The molecule has 2 heterocycles. The highest BCUT2D eigenvalue weighted by atomic mass is 32.1. The Morgan fingerprint density at radius 1 is 1.50 bits per heavy atom. The molecular formula is C16H20N2OS. The highest BCUT2D eigenvalue weighted by molar-refractivity contribution is 7.80. The van der Waals surface area contributed by atoms with Crippen molar-refractivity contribution in [3.05, 3.63) is 41.5 Å². The van der Waals surface area contributed by atoms with E-state index in [1.54, 1.807) is 0 Å². The molecule has 0 aromatic heterocycles. The molecule has 20 heavy (non-hydrogen) atoms. The average molecular weight is 288 g/mol. The molecule has 1 aromatic carbocycles. The number of benzene rings is 1. The van der Waals surface area contributed by atoms with Crippen LogP contribution in [-0.2, 0) is 0 Å². The van der Waals surface area contributed by atoms with Crippen LogP contribution >= 0.6 is 12.2 Å². The molecule has 106 valence electrons. The normalized spacial score (nSPS) is 27.4. The fourth-order valence-corrected chi connectivity index (χ4v) is 3.49. The maximum atomic E-state index is 6.31. The molecule has 1 N–H and O–H groups in total. The van der Waals surface area contributed by atoms with Gasteiger partial charge in [-0.05, 0) is 50.2 Å². The minimum absolute atomic E-state index is 0.233. The van der Waals surface area contributed by atoms with Crippen LogP contribution in [0.15, 0.2) is 24.8 Å². The van der Waals surface area contributed by atoms with Gasteiger partial charge < -0.3 is 15.0 Å². The Kier molecular flexibility index (Phi) is 3.01. The van der Waals surface area contributed by atoms with Gasteiger partial charge in [-0.3, -0.25) is 0 Å². The first kappa shape index (κ1) is 13.4. The zero-order chi connectivity index (χ0) is 14.5.